The SMILES string of the molecule is CNC(c1ccc2c(c1)CCC2)c1ccccc1OC. The second-order valence-corrected chi connectivity index (χ2v) is 5.35. The van der Waals surface area contributed by atoms with Crippen molar-refractivity contribution < 1.29 is 4.74 Å². The molecule has 1 atom stereocenters. The summed E-state index contributed by atoms with van der Waals surface area (Å²) < 4.78 is 5.50. The van der Waals surface area contributed by atoms with Gasteiger partial charge >= 0.3 is 0 Å². The summed E-state index contributed by atoms with van der Waals surface area (Å²) in [6, 6.07) is 15.3. The van der Waals surface area contributed by atoms with Crippen molar-refractivity contribution in [3.8, 4) is 5.75 Å². The second-order valence-electron chi connectivity index (χ2n) is 5.35. The van der Waals surface area contributed by atoms with E-state index in [2.05, 4.69) is 35.6 Å². The first-order chi connectivity index (χ1) is 9.83. The molecule has 0 saturated heterocycles. The van der Waals surface area contributed by atoms with Crippen LogP contribution in [0.2, 0.25) is 0 Å². The molecular weight excluding hydrogens is 246 g/mol. The number of hydrogen-bond acceptors (Lipinski definition) is 2. The van der Waals surface area contributed by atoms with Crippen LogP contribution in [0.5, 0.6) is 5.75 Å². The average Bonchev–Trinajstić information content (AvgIpc) is 2.96. The molecule has 1 N–H and O–H groups in total. The van der Waals surface area contributed by atoms with E-state index in [9.17, 15) is 0 Å². The number of benzene rings is 2. The minimum absolute atomic E-state index is 0.178. The maximum Gasteiger partial charge on any atom is 0.123 e. The highest BCUT2D eigenvalue weighted by molar-refractivity contribution is 5.44. The van der Waals surface area contributed by atoms with Gasteiger partial charge in [0.05, 0.1) is 13.2 Å². The number of nitrogens with one attached hydrogen (secondary N) is 1. The van der Waals surface area contributed by atoms with Crippen LogP contribution in [0.1, 0.15) is 34.7 Å². The highest BCUT2D eigenvalue weighted by atomic mass is 16.5. The van der Waals surface area contributed by atoms with Crippen LogP contribution in [0.3, 0.4) is 0 Å². The molecule has 0 spiro atoms. The summed E-state index contributed by atoms with van der Waals surface area (Å²) in [4.78, 5) is 0. The van der Waals surface area contributed by atoms with Crippen LogP contribution < -0.4 is 10.1 Å². The van der Waals surface area contributed by atoms with Crippen LogP contribution in [0.25, 0.3) is 0 Å². The third-order valence-electron chi connectivity index (χ3n) is 4.19. The van der Waals surface area contributed by atoms with Gasteiger partial charge in [0.15, 0.2) is 0 Å². The number of rotatable bonds is 4. The maximum atomic E-state index is 5.50. The lowest BCUT2D eigenvalue weighted by atomic mass is 9.95. The Labute approximate surface area is 120 Å². The van der Waals surface area contributed by atoms with Crippen LogP contribution in [-0.2, 0) is 12.8 Å². The lowest BCUT2D eigenvalue weighted by Gasteiger charge is -2.20. The number of methoxy groups -OCH3 is 1. The van der Waals surface area contributed by atoms with Crippen molar-refractivity contribution in [3.63, 3.8) is 0 Å². The predicted molar refractivity (Wildman–Crippen MR) is 82.4 cm³/mol. The second kappa shape index (κ2) is 5.68. The summed E-state index contributed by atoms with van der Waals surface area (Å²) in [5.74, 6) is 0.937. The normalized spacial score (nSPS) is 14.9. The Hall–Kier alpha value is -1.80. The molecule has 2 aromatic carbocycles. The van der Waals surface area contributed by atoms with Gasteiger partial charge in [-0.1, -0.05) is 36.4 Å². The standard InChI is InChI=1S/C18H21NO/c1-19-18(16-8-3-4-9-17(16)20-2)15-11-10-13-6-5-7-14(13)12-15/h3-4,8-12,18-19H,5-7H2,1-2H3. The number of para-hydroxylation sites is 1. The highest BCUT2D eigenvalue weighted by Gasteiger charge is 2.18. The summed E-state index contributed by atoms with van der Waals surface area (Å²) in [5, 5.41) is 3.42. The van der Waals surface area contributed by atoms with Crippen LogP contribution in [0.4, 0.5) is 0 Å². The smallest absolute Gasteiger partial charge is 0.123 e. The first-order valence-corrected chi connectivity index (χ1v) is 7.25. The van der Waals surface area contributed by atoms with Gasteiger partial charge in [-0.15, -0.1) is 0 Å². The van der Waals surface area contributed by atoms with E-state index < -0.39 is 0 Å². The Bertz CT molecular complexity index is 606. The first kappa shape index (κ1) is 13.2. The van der Waals surface area contributed by atoms with Gasteiger partial charge in [-0.2, -0.15) is 0 Å². The van der Waals surface area contributed by atoms with Gasteiger partial charge in [-0.05, 0) is 49.1 Å². The van der Waals surface area contributed by atoms with Crippen molar-refractivity contribution in [3.05, 3.63) is 64.7 Å². The van der Waals surface area contributed by atoms with Crippen molar-refractivity contribution in [1.82, 2.24) is 5.32 Å². The largest absolute Gasteiger partial charge is 0.496 e. The molecule has 0 amide bonds. The van der Waals surface area contributed by atoms with Gasteiger partial charge in [0.2, 0.25) is 0 Å². The summed E-state index contributed by atoms with van der Waals surface area (Å²) in [6.07, 6.45) is 3.73. The van der Waals surface area contributed by atoms with E-state index >= 15 is 0 Å². The molecule has 2 aromatic rings. The molecule has 0 bridgehead atoms. The van der Waals surface area contributed by atoms with Crippen molar-refractivity contribution in [2.24, 2.45) is 0 Å². The minimum Gasteiger partial charge on any atom is -0.496 e. The van der Waals surface area contributed by atoms with Crippen LogP contribution in [0, 0.1) is 0 Å². The van der Waals surface area contributed by atoms with E-state index in [-0.39, 0.29) is 6.04 Å². The fourth-order valence-corrected chi connectivity index (χ4v) is 3.18. The van der Waals surface area contributed by atoms with E-state index in [0.717, 1.165) is 5.75 Å². The summed E-state index contributed by atoms with van der Waals surface area (Å²) in [6.45, 7) is 0. The van der Waals surface area contributed by atoms with Gasteiger partial charge < -0.3 is 10.1 Å². The van der Waals surface area contributed by atoms with Crippen molar-refractivity contribution in [2.75, 3.05) is 14.2 Å². The van der Waals surface area contributed by atoms with Crippen LogP contribution in [-0.4, -0.2) is 14.2 Å². The molecule has 1 unspecified atom stereocenters. The molecule has 0 heterocycles. The van der Waals surface area contributed by atoms with Crippen molar-refractivity contribution in [1.29, 1.82) is 0 Å². The van der Waals surface area contributed by atoms with E-state index in [1.807, 2.05) is 19.2 Å². The van der Waals surface area contributed by atoms with E-state index in [1.54, 1.807) is 7.11 Å². The Kier molecular flexibility index (Phi) is 3.75. The summed E-state index contributed by atoms with van der Waals surface area (Å²) >= 11 is 0. The van der Waals surface area contributed by atoms with Crippen LogP contribution in [0.15, 0.2) is 42.5 Å². The van der Waals surface area contributed by atoms with E-state index in [0.29, 0.717) is 0 Å². The fourth-order valence-electron chi connectivity index (χ4n) is 3.18. The van der Waals surface area contributed by atoms with Gasteiger partial charge in [0.25, 0.3) is 0 Å². The Morgan fingerprint density at radius 3 is 2.65 bits per heavy atom. The molecule has 2 heteroatoms. The summed E-state index contributed by atoms with van der Waals surface area (Å²) in [5.41, 5.74) is 5.54. The van der Waals surface area contributed by atoms with Crippen molar-refractivity contribution in [2.45, 2.75) is 25.3 Å². The fraction of sp³-hybridized carbons (Fsp3) is 0.333. The quantitative estimate of drug-likeness (QED) is 0.915. The number of fused-ring (bicyclic) bond motifs is 1. The maximum absolute atomic E-state index is 5.50. The van der Waals surface area contributed by atoms with Gasteiger partial charge in [0, 0.05) is 5.56 Å². The molecule has 3 rings (SSSR count). The topological polar surface area (TPSA) is 21.3 Å². The Balaban J connectivity index is 2.01. The molecule has 0 saturated carbocycles. The number of ether oxygens (including phenoxy) is 1. The lowest BCUT2D eigenvalue weighted by molar-refractivity contribution is 0.405. The minimum atomic E-state index is 0.178. The molecule has 20 heavy (non-hydrogen) atoms. The zero-order valence-electron chi connectivity index (χ0n) is 12.1. The highest BCUT2D eigenvalue weighted by Crippen LogP contribution is 2.32. The first-order valence-electron chi connectivity index (χ1n) is 7.25. The number of hydrogen-bond donors (Lipinski definition) is 1. The molecule has 1 aliphatic rings. The zero-order chi connectivity index (χ0) is 13.9. The Morgan fingerprint density at radius 2 is 1.85 bits per heavy atom. The van der Waals surface area contributed by atoms with Gasteiger partial charge in [0.1, 0.15) is 5.75 Å². The molecule has 0 aromatic heterocycles. The molecule has 104 valence electrons. The molecular formula is C18H21NO. The molecule has 0 radical (unpaired) electrons. The number of aryl methyl sites for hydroxylation is 2. The van der Waals surface area contributed by atoms with Gasteiger partial charge in [-0.3, -0.25) is 0 Å². The van der Waals surface area contributed by atoms with Crippen LogP contribution >= 0.6 is 0 Å². The van der Waals surface area contributed by atoms with E-state index in [4.69, 9.17) is 4.74 Å². The lowest BCUT2D eigenvalue weighted by Crippen LogP contribution is -2.18. The zero-order valence-corrected chi connectivity index (χ0v) is 12.1. The van der Waals surface area contributed by atoms with E-state index in [1.165, 1.54) is 41.5 Å². The van der Waals surface area contributed by atoms with Crippen molar-refractivity contribution >= 4 is 0 Å². The third-order valence-corrected chi connectivity index (χ3v) is 4.19. The van der Waals surface area contributed by atoms with Gasteiger partial charge in [-0.25, -0.2) is 0 Å². The molecule has 1 aliphatic carbocycles. The summed E-state index contributed by atoms with van der Waals surface area (Å²) in [7, 11) is 3.73. The predicted octanol–water partition coefficient (Wildman–Crippen LogP) is 3.49. The molecule has 0 aliphatic heterocycles. The molecule has 2 nitrogen and oxygen atoms in total. The Morgan fingerprint density at radius 1 is 1.05 bits per heavy atom. The third kappa shape index (κ3) is 2.32. The molecule has 0 fully saturated rings. The average molecular weight is 267 g/mol. The monoisotopic (exact) mass is 267 g/mol.